The zero-order chi connectivity index (χ0) is 16.7. The van der Waals surface area contributed by atoms with Gasteiger partial charge in [-0.3, -0.25) is 9.80 Å². The van der Waals surface area contributed by atoms with Gasteiger partial charge in [-0.25, -0.2) is 0 Å². The number of hydrogen-bond donors (Lipinski definition) is 0. The van der Waals surface area contributed by atoms with Crippen molar-refractivity contribution in [2.75, 3.05) is 26.2 Å². The van der Waals surface area contributed by atoms with Gasteiger partial charge in [0.15, 0.2) is 5.82 Å². The first kappa shape index (κ1) is 15.8. The molecule has 0 bridgehead atoms. The summed E-state index contributed by atoms with van der Waals surface area (Å²) >= 11 is 0. The minimum Gasteiger partial charge on any atom is -0.361 e. The number of hydrogen-bond acceptors (Lipinski definition) is 7. The Hall–Kier alpha value is -1.73. The third kappa shape index (κ3) is 3.10. The number of aromatic nitrogens is 3. The second-order valence-corrected chi connectivity index (χ2v) is 7.06. The van der Waals surface area contributed by atoms with Gasteiger partial charge in [-0.1, -0.05) is 10.3 Å². The van der Waals surface area contributed by atoms with Crippen LogP contribution in [0.2, 0.25) is 0 Å². The highest BCUT2D eigenvalue weighted by atomic mass is 16.5. The largest absolute Gasteiger partial charge is 0.361 e. The molecule has 7 heteroatoms. The molecule has 0 radical (unpaired) electrons. The minimum absolute atomic E-state index is 0.186. The molecule has 4 rings (SSSR count). The van der Waals surface area contributed by atoms with Crippen LogP contribution in [-0.4, -0.2) is 51.3 Å². The van der Waals surface area contributed by atoms with E-state index in [1.807, 2.05) is 13.8 Å². The SMILES string of the molecule is Cc1noc(C)c1CN1CCN([C@H](C)c2nc(C3CC3)no2)CC1. The highest BCUT2D eigenvalue weighted by Crippen LogP contribution is 2.38. The molecule has 1 atom stereocenters. The van der Waals surface area contributed by atoms with Gasteiger partial charge in [-0.05, 0) is 33.6 Å². The molecule has 0 aromatic carbocycles. The Labute approximate surface area is 142 Å². The molecule has 7 nitrogen and oxygen atoms in total. The van der Waals surface area contributed by atoms with Crippen molar-refractivity contribution in [2.24, 2.45) is 0 Å². The lowest BCUT2D eigenvalue weighted by molar-refractivity contribution is 0.0842. The van der Waals surface area contributed by atoms with E-state index < -0.39 is 0 Å². The van der Waals surface area contributed by atoms with E-state index in [4.69, 9.17) is 9.05 Å². The van der Waals surface area contributed by atoms with Crippen molar-refractivity contribution in [1.29, 1.82) is 0 Å². The summed E-state index contributed by atoms with van der Waals surface area (Å²) < 4.78 is 10.8. The summed E-state index contributed by atoms with van der Waals surface area (Å²) in [5.41, 5.74) is 2.23. The van der Waals surface area contributed by atoms with E-state index in [1.54, 1.807) is 0 Å². The molecule has 2 fully saturated rings. The Balaban J connectivity index is 1.33. The molecule has 24 heavy (non-hydrogen) atoms. The molecule has 2 aromatic rings. The van der Waals surface area contributed by atoms with Crippen LogP contribution in [0.3, 0.4) is 0 Å². The summed E-state index contributed by atoms with van der Waals surface area (Å²) in [4.78, 5) is 9.48. The van der Waals surface area contributed by atoms with Gasteiger partial charge in [0.25, 0.3) is 0 Å². The van der Waals surface area contributed by atoms with Gasteiger partial charge >= 0.3 is 0 Å². The molecule has 0 N–H and O–H groups in total. The van der Waals surface area contributed by atoms with Crippen LogP contribution in [0.4, 0.5) is 0 Å². The minimum atomic E-state index is 0.186. The van der Waals surface area contributed by atoms with E-state index >= 15 is 0 Å². The van der Waals surface area contributed by atoms with Gasteiger partial charge in [0.1, 0.15) is 5.76 Å². The molecule has 130 valence electrons. The second kappa shape index (κ2) is 6.29. The van der Waals surface area contributed by atoms with E-state index in [9.17, 15) is 0 Å². The lowest BCUT2D eigenvalue weighted by Crippen LogP contribution is -2.46. The zero-order valence-electron chi connectivity index (χ0n) is 14.7. The molecule has 2 aliphatic rings. The van der Waals surface area contributed by atoms with Crippen LogP contribution in [0.25, 0.3) is 0 Å². The van der Waals surface area contributed by atoms with Crippen LogP contribution < -0.4 is 0 Å². The average molecular weight is 331 g/mol. The molecule has 1 aliphatic carbocycles. The van der Waals surface area contributed by atoms with Crippen LogP contribution in [0.1, 0.15) is 60.5 Å². The van der Waals surface area contributed by atoms with Crippen molar-refractivity contribution in [1.82, 2.24) is 25.1 Å². The van der Waals surface area contributed by atoms with E-state index in [0.717, 1.165) is 55.9 Å². The topological polar surface area (TPSA) is 71.4 Å². The van der Waals surface area contributed by atoms with Gasteiger partial charge in [0.2, 0.25) is 5.89 Å². The summed E-state index contributed by atoms with van der Waals surface area (Å²) in [5.74, 6) is 3.13. The van der Waals surface area contributed by atoms with Crippen molar-refractivity contribution in [3.8, 4) is 0 Å². The van der Waals surface area contributed by atoms with Gasteiger partial charge in [0.05, 0.1) is 11.7 Å². The quantitative estimate of drug-likeness (QED) is 0.833. The Morgan fingerprint density at radius 2 is 1.83 bits per heavy atom. The van der Waals surface area contributed by atoms with Crippen molar-refractivity contribution in [2.45, 2.75) is 52.1 Å². The number of nitrogens with zero attached hydrogens (tertiary/aromatic N) is 5. The number of piperazine rings is 1. The molecule has 2 aromatic heterocycles. The van der Waals surface area contributed by atoms with E-state index in [1.165, 1.54) is 18.4 Å². The third-order valence-electron chi connectivity index (χ3n) is 5.27. The highest BCUT2D eigenvalue weighted by Gasteiger charge is 2.31. The molecule has 1 saturated carbocycles. The Morgan fingerprint density at radius 3 is 2.46 bits per heavy atom. The maximum absolute atomic E-state index is 5.49. The fourth-order valence-electron chi connectivity index (χ4n) is 3.34. The fourth-order valence-corrected chi connectivity index (χ4v) is 3.34. The predicted molar refractivity (Wildman–Crippen MR) is 87.5 cm³/mol. The predicted octanol–water partition coefficient (Wildman–Crippen LogP) is 2.43. The first-order chi connectivity index (χ1) is 11.6. The smallest absolute Gasteiger partial charge is 0.243 e. The van der Waals surface area contributed by atoms with Crippen molar-refractivity contribution < 1.29 is 9.05 Å². The lowest BCUT2D eigenvalue weighted by atomic mass is 10.1. The Bertz CT molecular complexity index is 678. The molecule has 1 aliphatic heterocycles. The van der Waals surface area contributed by atoms with E-state index in [2.05, 4.69) is 32.0 Å². The van der Waals surface area contributed by atoms with E-state index in [0.29, 0.717) is 5.92 Å². The molecular formula is C17H25N5O2. The lowest BCUT2D eigenvalue weighted by Gasteiger charge is -2.36. The monoisotopic (exact) mass is 331 g/mol. The summed E-state index contributed by atoms with van der Waals surface area (Å²) in [7, 11) is 0. The Morgan fingerprint density at radius 1 is 1.08 bits per heavy atom. The standard InChI is InChI=1S/C17H25N5O2/c1-11-15(13(3)23-19-11)10-21-6-8-22(9-7-21)12(2)17-18-16(20-24-17)14-4-5-14/h12,14H,4-10H2,1-3H3/t12-/m1/s1. The number of rotatable bonds is 5. The normalized spacial score (nSPS) is 21.3. The molecule has 0 unspecified atom stereocenters. The van der Waals surface area contributed by atoms with Crippen molar-refractivity contribution in [3.63, 3.8) is 0 Å². The Kier molecular flexibility index (Phi) is 4.14. The van der Waals surface area contributed by atoms with Crippen LogP contribution in [0.15, 0.2) is 9.05 Å². The molecule has 0 spiro atoms. The maximum atomic E-state index is 5.49. The van der Waals surface area contributed by atoms with Crippen LogP contribution in [0.5, 0.6) is 0 Å². The van der Waals surface area contributed by atoms with Gasteiger partial charge < -0.3 is 9.05 Å². The molecule has 3 heterocycles. The molecule has 0 amide bonds. The summed E-state index contributed by atoms with van der Waals surface area (Å²) in [5, 5.41) is 8.18. The summed E-state index contributed by atoms with van der Waals surface area (Å²) in [6.07, 6.45) is 2.40. The van der Waals surface area contributed by atoms with Crippen LogP contribution >= 0.6 is 0 Å². The first-order valence-electron chi connectivity index (χ1n) is 8.83. The van der Waals surface area contributed by atoms with Crippen LogP contribution in [0, 0.1) is 13.8 Å². The van der Waals surface area contributed by atoms with Crippen LogP contribution in [-0.2, 0) is 6.54 Å². The zero-order valence-corrected chi connectivity index (χ0v) is 14.7. The van der Waals surface area contributed by atoms with E-state index in [-0.39, 0.29) is 6.04 Å². The first-order valence-corrected chi connectivity index (χ1v) is 8.83. The average Bonchev–Trinajstić information content (AvgIpc) is 3.25. The highest BCUT2D eigenvalue weighted by molar-refractivity contribution is 5.20. The molecule has 1 saturated heterocycles. The van der Waals surface area contributed by atoms with Gasteiger partial charge in [-0.2, -0.15) is 4.98 Å². The van der Waals surface area contributed by atoms with Gasteiger partial charge in [-0.15, -0.1) is 0 Å². The van der Waals surface area contributed by atoms with Crippen molar-refractivity contribution in [3.05, 3.63) is 28.7 Å². The van der Waals surface area contributed by atoms with Crippen molar-refractivity contribution >= 4 is 0 Å². The fraction of sp³-hybridized carbons (Fsp3) is 0.706. The molecular weight excluding hydrogens is 306 g/mol. The summed E-state index contributed by atoms with van der Waals surface area (Å²) in [6.45, 7) is 11.1. The number of aryl methyl sites for hydroxylation is 2. The second-order valence-electron chi connectivity index (χ2n) is 7.06. The van der Waals surface area contributed by atoms with Gasteiger partial charge in [0, 0.05) is 44.2 Å². The maximum Gasteiger partial charge on any atom is 0.243 e. The summed E-state index contributed by atoms with van der Waals surface area (Å²) in [6, 6.07) is 0.186. The third-order valence-corrected chi connectivity index (χ3v) is 5.27.